The zero-order chi connectivity index (χ0) is 21.0. The molecular formula is C29H51F. The minimum atomic E-state index is -0.170. The Morgan fingerprint density at radius 3 is 1.47 bits per heavy atom. The highest BCUT2D eigenvalue weighted by atomic mass is 19.1. The molecule has 0 N–H and O–H groups in total. The van der Waals surface area contributed by atoms with E-state index < -0.39 is 0 Å². The first kappa shape index (κ1) is 24.3. The van der Waals surface area contributed by atoms with E-state index in [4.69, 9.17) is 0 Å². The van der Waals surface area contributed by atoms with Gasteiger partial charge in [0.05, 0.1) is 6.67 Å². The van der Waals surface area contributed by atoms with Gasteiger partial charge in [0.1, 0.15) is 0 Å². The summed E-state index contributed by atoms with van der Waals surface area (Å²) in [5, 5.41) is 0. The monoisotopic (exact) mass is 418 g/mol. The van der Waals surface area contributed by atoms with Gasteiger partial charge in [-0.15, -0.1) is 0 Å². The van der Waals surface area contributed by atoms with E-state index in [1.165, 1.54) is 57.8 Å². The molecule has 3 rings (SSSR count). The lowest BCUT2D eigenvalue weighted by molar-refractivity contribution is 0.102. The van der Waals surface area contributed by atoms with Gasteiger partial charge in [0.25, 0.3) is 0 Å². The molecule has 1 heteroatoms. The number of hydrogen-bond acceptors (Lipinski definition) is 0. The van der Waals surface area contributed by atoms with Gasteiger partial charge in [-0.25, -0.2) is 0 Å². The first-order valence-electron chi connectivity index (χ1n) is 14.0. The van der Waals surface area contributed by atoms with Crippen molar-refractivity contribution in [3.05, 3.63) is 12.2 Å². The van der Waals surface area contributed by atoms with Crippen molar-refractivity contribution in [2.45, 2.75) is 129 Å². The van der Waals surface area contributed by atoms with Crippen LogP contribution in [0.1, 0.15) is 129 Å². The third-order valence-electron chi connectivity index (χ3n) is 9.31. The van der Waals surface area contributed by atoms with Crippen LogP contribution in [0.3, 0.4) is 0 Å². The Morgan fingerprint density at radius 2 is 1.00 bits per heavy atom. The summed E-state index contributed by atoms with van der Waals surface area (Å²) in [6.07, 6.45) is 31.4. The van der Waals surface area contributed by atoms with Crippen molar-refractivity contribution in [1.29, 1.82) is 0 Å². The minimum Gasteiger partial charge on any atom is -0.251 e. The number of halogens is 1. The van der Waals surface area contributed by atoms with E-state index in [-0.39, 0.29) is 6.67 Å². The van der Waals surface area contributed by atoms with Crippen molar-refractivity contribution < 1.29 is 4.39 Å². The maximum absolute atomic E-state index is 12.1. The summed E-state index contributed by atoms with van der Waals surface area (Å²) < 4.78 is 12.1. The van der Waals surface area contributed by atoms with Gasteiger partial charge in [-0.1, -0.05) is 64.0 Å². The lowest BCUT2D eigenvalue weighted by atomic mass is 9.64. The van der Waals surface area contributed by atoms with Crippen molar-refractivity contribution >= 4 is 0 Å². The van der Waals surface area contributed by atoms with Crippen LogP contribution in [0.5, 0.6) is 0 Å². The van der Waals surface area contributed by atoms with E-state index in [0.29, 0.717) is 6.42 Å². The third kappa shape index (κ3) is 7.98. The summed E-state index contributed by atoms with van der Waals surface area (Å²) >= 11 is 0. The molecule has 174 valence electrons. The fourth-order valence-corrected chi connectivity index (χ4v) is 7.24. The topological polar surface area (TPSA) is 0 Å². The number of allylic oxidation sites excluding steroid dienone is 2. The Labute approximate surface area is 187 Å². The van der Waals surface area contributed by atoms with Crippen LogP contribution in [0.2, 0.25) is 0 Å². The summed E-state index contributed by atoms with van der Waals surface area (Å²) in [6, 6.07) is 0. The van der Waals surface area contributed by atoms with Crippen LogP contribution in [-0.4, -0.2) is 6.67 Å². The highest BCUT2D eigenvalue weighted by molar-refractivity contribution is 4.87. The Balaban J connectivity index is 1.27. The average Bonchev–Trinajstić information content (AvgIpc) is 2.81. The maximum Gasteiger partial charge on any atom is 0.0897 e. The van der Waals surface area contributed by atoms with Gasteiger partial charge in [-0.05, 0) is 113 Å². The van der Waals surface area contributed by atoms with E-state index in [9.17, 15) is 4.39 Å². The van der Waals surface area contributed by atoms with E-state index in [0.717, 1.165) is 41.9 Å². The summed E-state index contributed by atoms with van der Waals surface area (Å²) in [7, 11) is 0. The predicted molar refractivity (Wildman–Crippen MR) is 129 cm³/mol. The number of rotatable bonds is 11. The second-order valence-corrected chi connectivity index (χ2v) is 11.3. The molecule has 3 fully saturated rings. The standard InChI is InChI=1S/C29H51F/c1-2-3-9-24-11-15-26(16-12-24)28-19-21-29(22-20-28)27-17-13-25(14-18-27)10-7-5-4-6-8-23-30/h4-5,24-29H,2-3,6-23H2,1H3/t24-,25-,26-,27-,28-,29-. The summed E-state index contributed by atoms with van der Waals surface area (Å²) in [5.41, 5.74) is 0. The lowest BCUT2D eigenvalue weighted by Gasteiger charge is -2.41. The molecule has 0 aliphatic heterocycles. The first-order valence-corrected chi connectivity index (χ1v) is 14.0. The highest BCUT2D eigenvalue weighted by Crippen LogP contribution is 2.46. The average molecular weight is 419 g/mol. The van der Waals surface area contributed by atoms with Crippen LogP contribution in [-0.2, 0) is 0 Å². The van der Waals surface area contributed by atoms with E-state index in [1.54, 1.807) is 51.4 Å². The van der Waals surface area contributed by atoms with Gasteiger partial charge in [0.2, 0.25) is 0 Å². The van der Waals surface area contributed by atoms with Crippen molar-refractivity contribution in [1.82, 2.24) is 0 Å². The molecule has 0 aromatic rings. The minimum absolute atomic E-state index is 0.170. The smallest absolute Gasteiger partial charge is 0.0897 e. The SMILES string of the molecule is CCCC[C@H]1CC[C@H]([C@H]2CC[C@H]([C@H]3CC[C@H](CCC=CCCCF)CC3)CC2)CC1. The quantitative estimate of drug-likeness (QED) is 0.231. The van der Waals surface area contributed by atoms with Crippen LogP contribution in [0.15, 0.2) is 12.2 Å². The fourth-order valence-electron chi connectivity index (χ4n) is 7.24. The largest absolute Gasteiger partial charge is 0.251 e. The third-order valence-corrected chi connectivity index (χ3v) is 9.31. The molecule has 0 radical (unpaired) electrons. The molecule has 0 nitrogen and oxygen atoms in total. The molecule has 0 amide bonds. The molecular weight excluding hydrogens is 367 g/mol. The number of hydrogen-bond donors (Lipinski definition) is 0. The van der Waals surface area contributed by atoms with Crippen molar-refractivity contribution in [3.63, 3.8) is 0 Å². The zero-order valence-corrected chi connectivity index (χ0v) is 20.1. The van der Waals surface area contributed by atoms with Crippen molar-refractivity contribution in [2.24, 2.45) is 35.5 Å². The molecule has 3 aliphatic carbocycles. The molecule has 0 saturated heterocycles. The van der Waals surface area contributed by atoms with E-state index >= 15 is 0 Å². The predicted octanol–water partition coefficient (Wildman–Crippen LogP) is 9.68. The normalized spacial score (nSPS) is 35.7. The van der Waals surface area contributed by atoms with Gasteiger partial charge >= 0.3 is 0 Å². The van der Waals surface area contributed by atoms with Crippen LogP contribution < -0.4 is 0 Å². The van der Waals surface area contributed by atoms with Gasteiger partial charge in [-0.3, -0.25) is 4.39 Å². The lowest BCUT2D eigenvalue weighted by Crippen LogP contribution is -2.29. The van der Waals surface area contributed by atoms with Gasteiger partial charge < -0.3 is 0 Å². The zero-order valence-electron chi connectivity index (χ0n) is 20.1. The molecule has 0 aromatic carbocycles. The molecule has 30 heavy (non-hydrogen) atoms. The maximum atomic E-state index is 12.1. The van der Waals surface area contributed by atoms with E-state index in [1.807, 2.05) is 0 Å². The molecule has 0 aromatic heterocycles. The second-order valence-electron chi connectivity index (χ2n) is 11.3. The summed E-state index contributed by atoms with van der Waals surface area (Å²) in [5.74, 6) is 6.30. The summed E-state index contributed by atoms with van der Waals surface area (Å²) in [6.45, 7) is 2.17. The Morgan fingerprint density at radius 1 is 0.567 bits per heavy atom. The Bertz CT molecular complexity index is 445. The molecule has 3 aliphatic rings. The van der Waals surface area contributed by atoms with Crippen LogP contribution in [0.25, 0.3) is 0 Å². The molecule has 0 heterocycles. The van der Waals surface area contributed by atoms with Gasteiger partial charge in [0, 0.05) is 0 Å². The number of unbranched alkanes of at least 4 members (excludes halogenated alkanes) is 2. The van der Waals surface area contributed by atoms with Gasteiger partial charge in [0.15, 0.2) is 0 Å². The molecule has 0 bridgehead atoms. The van der Waals surface area contributed by atoms with Crippen LogP contribution >= 0.6 is 0 Å². The fraction of sp³-hybridized carbons (Fsp3) is 0.931. The van der Waals surface area contributed by atoms with Crippen LogP contribution in [0.4, 0.5) is 4.39 Å². The van der Waals surface area contributed by atoms with Crippen LogP contribution in [0, 0.1) is 35.5 Å². The second kappa shape index (κ2) is 13.9. The van der Waals surface area contributed by atoms with E-state index in [2.05, 4.69) is 19.1 Å². The molecule has 0 unspecified atom stereocenters. The van der Waals surface area contributed by atoms with Gasteiger partial charge in [-0.2, -0.15) is 0 Å². The highest BCUT2D eigenvalue weighted by Gasteiger charge is 2.34. The molecule has 0 atom stereocenters. The van der Waals surface area contributed by atoms with Crippen molar-refractivity contribution in [2.75, 3.05) is 6.67 Å². The first-order chi connectivity index (χ1) is 14.8. The Kier molecular flexibility index (Phi) is 11.3. The molecule has 0 spiro atoms. The summed E-state index contributed by atoms with van der Waals surface area (Å²) in [4.78, 5) is 0. The number of alkyl halides is 1. The molecule has 3 saturated carbocycles. The van der Waals surface area contributed by atoms with Crippen molar-refractivity contribution in [3.8, 4) is 0 Å². The Hall–Kier alpha value is -0.330.